The normalized spacial score (nSPS) is 13.5. The Morgan fingerprint density at radius 1 is 0.226 bits per heavy atom. The second-order valence-corrected chi connectivity index (χ2v) is 26.5. The van der Waals surface area contributed by atoms with Crippen molar-refractivity contribution in [2.75, 3.05) is 0 Å². The van der Waals surface area contributed by atoms with Crippen LogP contribution in [0.2, 0.25) is 0 Å². The van der Waals surface area contributed by atoms with Gasteiger partial charge in [-0.3, -0.25) is 4.57 Å². The lowest BCUT2D eigenvalue weighted by molar-refractivity contribution is 0.660. The molecular weight excluding hydrogens is 1130 g/mol. The van der Waals surface area contributed by atoms with Gasteiger partial charge in [-0.25, -0.2) is 9.97 Å². The van der Waals surface area contributed by atoms with Gasteiger partial charge in [0.2, 0.25) is 5.95 Å². The van der Waals surface area contributed by atoms with E-state index in [-0.39, 0.29) is 10.8 Å². The molecule has 0 aliphatic heterocycles. The molecule has 93 heavy (non-hydrogen) atoms. The number of hydrogen-bond acceptors (Lipinski definition) is 2. The molecule has 0 fully saturated rings. The van der Waals surface area contributed by atoms with E-state index in [2.05, 4.69) is 339 Å². The Labute approximate surface area is 539 Å². The molecule has 2 aliphatic rings. The molecule has 2 aliphatic carbocycles. The molecule has 0 unspecified atom stereocenters. The summed E-state index contributed by atoms with van der Waals surface area (Å²) in [5.74, 6) is 0.611. The topological polar surface area (TPSA) is 40.6 Å². The first kappa shape index (κ1) is 53.2. The number of rotatable bonds is 8. The fraction of sp³-hybridized carbons (Fsp3) is 0.0682. The van der Waals surface area contributed by atoms with Crippen LogP contribution in [0.25, 0.3) is 161 Å². The first-order chi connectivity index (χ1) is 45.6. The molecule has 0 saturated heterocycles. The standard InChI is InChI=1S/C88H61N5/c1-87(2)74-27-15-11-23-64(74)66-41-39-62(51-76(66)87)91-80-29-17-13-25-68(80)70-47-58(35-43-82(70)91)60-37-45-84-72(49-60)73-50-61(38-46-85(73)93(84)86-89-78(56-21-9-6-10-22-56)53-79(90-86)57-33-31-55(32-34-57)54-19-7-5-8-20-54)59-36-44-83-71(48-59)69-26-14-18-30-81(69)92(83)63-40-42-67-65-24-12-16-28-75(65)88(3,4)77(67)52-63/h5-53H,1-4H3. The highest BCUT2D eigenvalue weighted by molar-refractivity contribution is 6.15. The Balaban J connectivity index is 0.786. The van der Waals surface area contributed by atoms with Crippen LogP contribution in [0.3, 0.4) is 0 Å². The second kappa shape index (κ2) is 19.9. The highest BCUT2D eigenvalue weighted by atomic mass is 15.2. The number of aromatic nitrogens is 5. The fourth-order valence-corrected chi connectivity index (χ4v) is 16.0. The van der Waals surface area contributed by atoms with E-state index in [0.29, 0.717) is 5.95 Å². The van der Waals surface area contributed by atoms with Crippen LogP contribution in [0.4, 0.5) is 0 Å². The molecule has 17 aromatic rings. The van der Waals surface area contributed by atoms with Crippen LogP contribution < -0.4 is 0 Å². The highest BCUT2D eigenvalue weighted by Crippen LogP contribution is 2.52. The van der Waals surface area contributed by atoms with Gasteiger partial charge in [0.25, 0.3) is 0 Å². The Hall–Kier alpha value is -11.7. The third-order valence-electron chi connectivity index (χ3n) is 20.7. The van der Waals surface area contributed by atoms with Gasteiger partial charge in [0, 0.05) is 65.6 Å². The van der Waals surface area contributed by atoms with Crippen molar-refractivity contribution in [2.24, 2.45) is 0 Å². The largest absolute Gasteiger partial charge is 0.309 e. The number of benzene rings is 13. The minimum atomic E-state index is -0.115. The molecule has 13 aromatic carbocycles. The van der Waals surface area contributed by atoms with Crippen molar-refractivity contribution in [3.05, 3.63) is 320 Å². The Bertz CT molecular complexity index is 5690. The molecule has 5 nitrogen and oxygen atoms in total. The van der Waals surface area contributed by atoms with Crippen molar-refractivity contribution in [1.82, 2.24) is 23.7 Å². The first-order valence-corrected chi connectivity index (χ1v) is 32.4. The van der Waals surface area contributed by atoms with Crippen molar-refractivity contribution >= 4 is 65.4 Å². The van der Waals surface area contributed by atoms with Gasteiger partial charge in [0.1, 0.15) is 0 Å². The van der Waals surface area contributed by atoms with E-state index in [0.717, 1.165) is 72.1 Å². The Morgan fingerprint density at radius 3 is 1.01 bits per heavy atom. The molecule has 438 valence electrons. The van der Waals surface area contributed by atoms with E-state index in [1.54, 1.807) is 0 Å². The summed E-state index contributed by atoms with van der Waals surface area (Å²) in [5.41, 5.74) is 30.4. The van der Waals surface area contributed by atoms with E-state index in [9.17, 15) is 0 Å². The third-order valence-corrected chi connectivity index (χ3v) is 20.7. The van der Waals surface area contributed by atoms with Crippen LogP contribution in [0.15, 0.2) is 297 Å². The zero-order valence-corrected chi connectivity index (χ0v) is 52.0. The Kier molecular flexibility index (Phi) is 11.4. The van der Waals surface area contributed by atoms with Crippen molar-refractivity contribution in [3.63, 3.8) is 0 Å². The second-order valence-electron chi connectivity index (χ2n) is 26.5. The maximum absolute atomic E-state index is 5.54. The van der Waals surface area contributed by atoms with Gasteiger partial charge in [0.15, 0.2) is 0 Å². The molecule has 0 bridgehead atoms. The highest BCUT2D eigenvalue weighted by Gasteiger charge is 2.37. The van der Waals surface area contributed by atoms with Crippen LogP contribution in [0.1, 0.15) is 49.9 Å². The van der Waals surface area contributed by atoms with E-state index in [4.69, 9.17) is 9.97 Å². The fourth-order valence-electron chi connectivity index (χ4n) is 16.0. The zero-order chi connectivity index (χ0) is 61.8. The van der Waals surface area contributed by atoms with Crippen LogP contribution in [0.5, 0.6) is 0 Å². The molecule has 0 radical (unpaired) electrons. The molecule has 0 N–H and O–H groups in total. The first-order valence-electron chi connectivity index (χ1n) is 32.4. The summed E-state index contributed by atoms with van der Waals surface area (Å²) in [4.78, 5) is 11.0. The summed E-state index contributed by atoms with van der Waals surface area (Å²) in [6, 6.07) is 110. The van der Waals surface area contributed by atoms with E-state index in [1.165, 1.54) is 105 Å². The molecule has 0 spiro atoms. The van der Waals surface area contributed by atoms with Gasteiger partial charge in [-0.1, -0.05) is 234 Å². The molecular formula is C88H61N5. The molecule has 5 heteroatoms. The average molecular weight is 1190 g/mol. The molecule has 4 heterocycles. The van der Waals surface area contributed by atoms with Crippen molar-refractivity contribution < 1.29 is 0 Å². The monoisotopic (exact) mass is 1190 g/mol. The summed E-state index contributed by atoms with van der Waals surface area (Å²) < 4.78 is 7.21. The summed E-state index contributed by atoms with van der Waals surface area (Å²) in [7, 11) is 0. The predicted octanol–water partition coefficient (Wildman–Crippen LogP) is 22.7. The lowest BCUT2D eigenvalue weighted by atomic mass is 9.82. The van der Waals surface area contributed by atoms with Crippen LogP contribution in [-0.4, -0.2) is 23.7 Å². The summed E-state index contributed by atoms with van der Waals surface area (Å²) in [5, 5.41) is 7.12. The van der Waals surface area contributed by atoms with Gasteiger partial charge in [-0.15, -0.1) is 0 Å². The maximum Gasteiger partial charge on any atom is 0.235 e. The van der Waals surface area contributed by atoms with Gasteiger partial charge in [-0.05, 0) is 169 Å². The molecule has 4 aromatic heterocycles. The van der Waals surface area contributed by atoms with Gasteiger partial charge < -0.3 is 9.13 Å². The zero-order valence-electron chi connectivity index (χ0n) is 52.0. The number of fused-ring (bicyclic) bond motifs is 15. The summed E-state index contributed by atoms with van der Waals surface area (Å²) >= 11 is 0. The van der Waals surface area contributed by atoms with E-state index >= 15 is 0 Å². The quantitative estimate of drug-likeness (QED) is 0.152. The smallest absolute Gasteiger partial charge is 0.235 e. The van der Waals surface area contributed by atoms with Crippen molar-refractivity contribution in [2.45, 2.75) is 38.5 Å². The van der Waals surface area contributed by atoms with E-state index in [1.807, 2.05) is 0 Å². The summed E-state index contributed by atoms with van der Waals surface area (Å²) in [6.07, 6.45) is 0. The van der Waals surface area contributed by atoms with Crippen LogP contribution >= 0.6 is 0 Å². The minimum absolute atomic E-state index is 0.115. The lowest BCUT2D eigenvalue weighted by Crippen LogP contribution is -2.15. The molecule has 0 atom stereocenters. The lowest BCUT2D eigenvalue weighted by Gasteiger charge is -2.22. The molecule has 0 saturated carbocycles. The molecule has 19 rings (SSSR count). The summed E-state index contributed by atoms with van der Waals surface area (Å²) in [6.45, 7) is 9.45. The minimum Gasteiger partial charge on any atom is -0.309 e. The van der Waals surface area contributed by atoms with Crippen LogP contribution in [-0.2, 0) is 10.8 Å². The molecule has 0 amide bonds. The van der Waals surface area contributed by atoms with Crippen molar-refractivity contribution in [1.29, 1.82) is 0 Å². The SMILES string of the molecule is CC1(C)c2ccccc2-c2ccc(-n3c4ccccc4c4cc(-c5ccc6c(c5)c5cc(-c7ccc8c(c7)c7ccccc7n8-c7ccc8c(c7)C(C)(C)c7ccccc7-8)ccc5n6-c5nc(-c6ccccc6)cc(-c6ccc(-c7ccccc7)cc6)n5)ccc43)cc21. The Morgan fingerprint density at radius 2 is 0.548 bits per heavy atom. The number of para-hydroxylation sites is 2. The number of nitrogens with zero attached hydrogens (tertiary/aromatic N) is 5. The van der Waals surface area contributed by atoms with Crippen LogP contribution in [0, 0.1) is 0 Å². The average Bonchev–Trinajstić information content (AvgIpc) is 1.59. The van der Waals surface area contributed by atoms with Gasteiger partial charge in [0.05, 0.1) is 44.5 Å². The van der Waals surface area contributed by atoms with Gasteiger partial charge >= 0.3 is 0 Å². The van der Waals surface area contributed by atoms with Gasteiger partial charge in [-0.2, -0.15) is 0 Å². The number of hydrogen-bond donors (Lipinski definition) is 0. The third kappa shape index (κ3) is 7.99. The van der Waals surface area contributed by atoms with E-state index < -0.39 is 0 Å². The predicted molar refractivity (Wildman–Crippen MR) is 387 cm³/mol. The van der Waals surface area contributed by atoms with Crippen molar-refractivity contribution in [3.8, 4) is 95.5 Å². The maximum atomic E-state index is 5.54.